The predicted octanol–water partition coefficient (Wildman–Crippen LogP) is 2.83. The van der Waals surface area contributed by atoms with Crippen molar-refractivity contribution in [2.24, 2.45) is 0 Å². The van der Waals surface area contributed by atoms with Crippen LogP contribution in [0.3, 0.4) is 0 Å². The number of nitrogens with one attached hydrogen (secondary N) is 2. The van der Waals surface area contributed by atoms with Crippen LogP contribution in [0.25, 0.3) is 0 Å². The van der Waals surface area contributed by atoms with Crippen molar-refractivity contribution in [2.45, 2.75) is 24.7 Å². The average Bonchev–Trinajstić information content (AvgIpc) is 2.53. The van der Waals surface area contributed by atoms with Gasteiger partial charge in [-0.15, -0.1) is 0 Å². The summed E-state index contributed by atoms with van der Waals surface area (Å²) in [6, 6.07) is 7.31. The van der Waals surface area contributed by atoms with Gasteiger partial charge in [-0.2, -0.15) is 0 Å². The van der Waals surface area contributed by atoms with Crippen LogP contribution in [0.5, 0.6) is 5.75 Å². The van der Waals surface area contributed by atoms with Crippen LogP contribution in [0.2, 0.25) is 0 Å². The Bertz CT molecular complexity index is 957. The molecule has 0 saturated carbocycles. The minimum atomic E-state index is -4.16. The van der Waals surface area contributed by atoms with E-state index in [4.69, 9.17) is 4.74 Å². The molecule has 0 spiro atoms. The van der Waals surface area contributed by atoms with E-state index < -0.39 is 20.7 Å². The van der Waals surface area contributed by atoms with Crippen molar-refractivity contribution in [2.75, 3.05) is 17.1 Å². The summed E-state index contributed by atoms with van der Waals surface area (Å²) < 4.78 is 47.2. The Labute approximate surface area is 145 Å². The third kappa shape index (κ3) is 3.43. The highest BCUT2D eigenvalue weighted by Gasteiger charge is 2.25. The van der Waals surface area contributed by atoms with Crippen LogP contribution < -0.4 is 14.8 Å². The maximum atomic E-state index is 14.4. The van der Waals surface area contributed by atoms with Gasteiger partial charge in [0.25, 0.3) is 10.0 Å². The Morgan fingerprint density at radius 1 is 1.20 bits per heavy atom. The average molecular weight is 364 g/mol. The third-order valence-electron chi connectivity index (χ3n) is 3.94. The summed E-state index contributed by atoms with van der Waals surface area (Å²) in [5.74, 6) is -0.815. The van der Waals surface area contributed by atoms with E-state index in [1.807, 2.05) is 0 Å². The van der Waals surface area contributed by atoms with Gasteiger partial charge in [0.05, 0.1) is 12.8 Å². The van der Waals surface area contributed by atoms with Crippen LogP contribution in [0, 0.1) is 12.7 Å². The van der Waals surface area contributed by atoms with Gasteiger partial charge in [-0.1, -0.05) is 6.07 Å². The van der Waals surface area contributed by atoms with Crippen molar-refractivity contribution in [3.63, 3.8) is 0 Å². The van der Waals surface area contributed by atoms with Gasteiger partial charge >= 0.3 is 0 Å². The molecule has 0 bridgehead atoms. The van der Waals surface area contributed by atoms with E-state index in [9.17, 15) is 17.6 Å². The molecule has 0 unspecified atom stereocenters. The second kappa shape index (κ2) is 6.36. The largest absolute Gasteiger partial charge is 0.495 e. The van der Waals surface area contributed by atoms with Gasteiger partial charge in [0.15, 0.2) is 0 Å². The number of hydrogen-bond acceptors (Lipinski definition) is 4. The second-order valence-electron chi connectivity index (χ2n) is 5.80. The molecule has 3 rings (SSSR count). The molecule has 0 saturated heterocycles. The Morgan fingerprint density at radius 2 is 1.96 bits per heavy atom. The topological polar surface area (TPSA) is 84.5 Å². The first-order valence-electron chi connectivity index (χ1n) is 7.60. The van der Waals surface area contributed by atoms with Crippen molar-refractivity contribution >= 4 is 27.3 Å². The zero-order valence-corrected chi connectivity index (χ0v) is 14.5. The number of aryl methyl sites for hydroxylation is 2. The number of amides is 1. The lowest BCUT2D eigenvalue weighted by molar-refractivity contribution is -0.116. The van der Waals surface area contributed by atoms with Crippen LogP contribution in [0.4, 0.5) is 15.8 Å². The normalized spacial score (nSPS) is 13.8. The molecule has 8 heteroatoms. The SMILES string of the molecule is COc1ccc(C)cc1NS(=O)(=O)c1cc2c(cc1F)NC(=O)CC2. The van der Waals surface area contributed by atoms with Crippen molar-refractivity contribution in [3.8, 4) is 5.75 Å². The Hall–Kier alpha value is -2.61. The number of hydrogen-bond donors (Lipinski definition) is 2. The monoisotopic (exact) mass is 364 g/mol. The standard InChI is InChI=1S/C17H17FN2O4S/c1-10-3-5-15(24-2)14(7-10)20-25(22,23)16-8-11-4-6-17(21)19-13(11)9-12(16)18/h3,5,7-9,20H,4,6H2,1-2H3,(H,19,21). The molecule has 2 aromatic rings. The van der Waals surface area contributed by atoms with E-state index in [2.05, 4.69) is 10.0 Å². The molecule has 2 N–H and O–H groups in total. The summed E-state index contributed by atoms with van der Waals surface area (Å²) in [6.45, 7) is 1.80. The van der Waals surface area contributed by atoms with E-state index in [-0.39, 0.29) is 18.0 Å². The number of rotatable bonds is 4. The van der Waals surface area contributed by atoms with Crippen molar-refractivity contribution in [3.05, 3.63) is 47.3 Å². The fourth-order valence-corrected chi connectivity index (χ4v) is 3.86. The molecule has 6 nitrogen and oxygen atoms in total. The van der Waals surface area contributed by atoms with Gasteiger partial charge in [0, 0.05) is 12.1 Å². The molecular weight excluding hydrogens is 347 g/mol. The molecule has 0 fully saturated rings. The summed E-state index contributed by atoms with van der Waals surface area (Å²) >= 11 is 0. The third-order valence-corrected chi connectivity index (χ3v) is 5.32. The quantitative estimate of drug-likeness (QED) is 0.874. The molecule has 2 aromatic carbocycles. The molecule has 1 aliphatic heterocycles. The number of sulfonamides is 1. The first-order chi connectivity index (χ1) is 11.8. The number of anilines is 2. The number of fused-ring (bicyclic) bond motifs is 1. The lowest BCUT2D eigenvalue weighted by Crippen LogP contribution is -2.21. The lowest BCUT2D eigenvalue weighted by atomic mass is 10.0. The van der Waals surface area contributed by atoms with Crippen molar-refractivity contribution in [1.82, 2.24) is 0 Å². The van der Waals surface area contributed by atoms with Gasteiger partial charge in [0.2, 0.25) is 5.91 Å². The Kier molecular flexibility index (Phi) is 4.38. The van der Waals surface area contributed by atoms with Crippen LogP contribution in [0.1, 0.15) is 17.5 Å². The number of methoxy groups -OCH3 is 1. The maximum absolute atomic E-state index is 14.4. The Balaban J connectivity index is 2.01. The number of ether oxygens (including phenoxy) is 1. The van der Waals surface area contributed by atoms with Crippen LogP contribution in [0.15, 0.2) is 35.2 Å². The van der Waals surface area contributed by atoms with E-state index in [1.165, 1.54) is 13.2 Å². The second-order valence-corrected chi connectivity index (χ2v) is 7.45. The predicted molar refractivity (Wildman–Crippen MR) is 91.9 cm³/mol. The number of halogens is 1. The maximum Gasteiger partial charge on any atom is 0.264 e. The van der Waals surface area contributed by atoms with Crippen molar-refractivity contribution < 1.29 is 22.3 Å². The van der Waals surface area contributed by atoms with Crippen LogP contribution in [-0.4, -0.2) is 21.4 Å². The van der Waals surface area contributed by atoms with Gasteiger partial charge in [-0.3, -0.25) is 9.52 Å². The number of carbonyl (C=O) groups is 1. The fourth-order valence-electron chi connectivity index (χ4n) is 2.69. The molecule has 0 aromatic heterocycles. The number of benzene rings is 2. The van der Waals surface area contributed by atoms with Gasteiger partial charge in [-0.05, 0) is 48.7 Å². The van der Waals surface area contributed by atoms with Crippen LogP contribution >= 0.6 is 0 Å². The first-order valence-corrected chi connectivity index (χ1v) is 9.08. The highest BCUT2D eigenvalue weighted by molar-refractivity contribution is 7.92. The summed E-state index contributed by atoms with van der Waals surface area (Å²) in [5.41, 5.74) is 1.94. The first kappa shape index (κ1) is 17.2. The van der Waals surface area contributed by atoms with Gasteiger partial charge in [0.1, 0.15) is 16.5 Å². The van der Waals surface area contributed by atoms with E-state index >= 15 is 0 Å². The molecule has 1 aliphatic rings. The molecule has 0 aliphatic carbocycles. The van der Waals surface area contributed by atoms with Crippen LogP contribution in [-0.2, 0) is 21.2 Å². The molecule has 1 heterocycles. The van der Waals surface area contributed by atoms with Crippen molar-refractivity contribution in [1.29, 1.82) is 0 Å². The molecule has 1 amide bonds. The summed E-state index contributed by atoms with van der Waals surface area (Å²) in [7, 11) is -2.74. The highest BCUT2D eigenvalue weighted by Crippen LogP contribution is 2.31. The number of carbonyl (C=O) groups excluding carboxylic acids is 1. The van der Waals surface area contributed by atoms with E-state index in [1.54, 1.807) is 25.1 Å². The Morgan fingerprint density at radius 3 is 2.68 bits per heavy atom. The summed E-state index contributed by atoms with van der Waals surface area (Å²) in [6.07, 6.45) is 0.592. The summed E-state index contributed by atoms with van der Waals surface area (Å²) in [4.78, 5) is 10.9. The minimum absolute atomic E-state index is 0.217. The molecule has 25 heavy (non-hydrogen) atoms. The van der Waals surface area contributed by atoms with Gasteiger partial charge in [-0.25, -0.2) is 12.8 Å². The molecular formula is C17H17FN2O4S. The van der Waals surface area contributed by atoms with Gasteiger partial charge < -0.3 is 10.1 Å². The molecule has 0 radical (unpaired) electrons. The molecule has 0 atom stereocenters. The fraction of sp³-hybridized carbons (Fsp3) is 0.235. The van der Waals surface area contributed by atoms with E-state index in [0.717, 1.165) is 11.6 Å². The lowest BCUT2D eigenvalue weighted by Gasteiger charge is -2.19. The zero-order valence-electron chi connectivity index (χ0n) is 13.7. The zero-order chi connectivity index (χ0) is 18.2. The summed E-state index contributed by atoms with van der Waals surface area (Å²) in [5, 5.41) is 2.54. The van der Waals surface area contributed by atoms with E-state index in [0.29, 0.717) is 23.4 Å². The molecule has 132 valence electrons. The minimum Gasteiger partial charge on any atom is -0.495 e. The highest BCUT2D eigenvalue weighted by atomic mass is 32.2. The smallest absolute Gasteiger partial charge is 0.264 e.